The van der Waals surface area contributed by atoms with Crippen LogP contribution in [0, 0.1) is 13.8 Å². The van der Waals surface area contributed by atoms with Crippen LogP contribution in [-0.2, 0) is 9.53 Å². The van der Waals surface area contributed by atoms with Crippen molar-refractivity contribution in [1.82, 2.24) is 14.9 Å². The van der Waals surface area contributed by atoms with E-state index in [0.29, 0.717) is 12.6 Å². The molecule has 1 N–H and O–H groups in total. The third kappa shape index (κ3) is 2.59. The first-order chi connectivity index (χ1) is 9.54. The average molecular weight is 279 g/mol. The van der Waals surface area contributed by atoms with Crippen molar-refractivity contribution in [3.8, 4) is 0 Å². The van der Waals surface area contributed by atoms with Crippen molar-refractivity contribution in [1.29, 1.82) is 0 Å². The summed E-state index contributed by atoms with van der Waals surface area (Å²) in [6, 6.07) is 0.307. The highest BCUT2D eigenvalue weighted by atomic mass is 16.5. The van der Waals surface area contributed by atoms with Gasteiger partial charge in [0.15, 0.2) is 0 Å². The van der Waals surface area contributed by atoms with E-state index in [9.17, 15) is 4.79 Å². The molecule has 112 valence electrons. The van der Waals surface area contributed by atoms with Crippen LogP contribution in [0.1, 0.15) is 50.0 Å². The van der Waals surface area contributed by atoms with Crippen LogP contribution in [0.4, 0.5) is 0 Å². The first-order valence-corrected chi connectivity index (χ1v) is 7.40. The Hall–Kier alpha value is -1.36. The van der Waals surface area contributed by atoms with E-state index in [4.69, 9.17) is 4.74 Å². The van der Waals surface area contributed by atoms with Crippen LogP contribution in [0.25, 0.3) is 0 Å². The number of likely N-dealkylation sites (N-methyl/N-ethyl adjacent to an activating group) is 1. The summed E-state index contributed by atoms with van der Waals surface area (Å²) < 4.78 is 7.48. The zero-order valence-electron chi connectivity index (χ0n) is 12.9. The summed E-state index contributed by atoms with van der Waals surface area (Å²) in [4.78, 5) is 16.7. The molecule has 1 aromatic rings. The maximum atomic E-state index is 12.3. The van der Waals surface area contributed by atoms with Crippen molar-refractivity contribution >= 4 is 5.97 Å². The van der Waals surface area contributed by atoms with E-state index in [0.717, 1.165) is 31.4 Å². The van der Waals surface area contributed by atoms with E-state index in [2.05, 4.69) is 21.8 Å². The summed E-state index contributed by atoms with van der Waals surface area (Å²) in [6.07, 6.45) is 5.59. The molecule has 2 atom stereocenters. The second kappa shape index (κ2) is 5.95. The summed E-state index contributed by atoms with van der Waals surface area (Å²) >= 11 is 0. The summed E-state index contributed by atoms with van der Waals surface area (Å²) in [5.74, 6) is -0.123. The monoisotopic (exact) mass is 279 g/mol. The molecule has 0 aliphatic heterocycles. The van der Waals surface area contributed by atoms with E-state index in [1.54, 1.807) is 0 Å². The van der Waals surface area contributed by atoms with Gasteiger partial charge in [-0.1, -0.05) is 0 Å². The fourth-order valence-corrected chi connectivity index (χ4v) is 3.15. The highest BCUT2D eigenvalue weighted by Crippen LogP contribution is 2.37. The zero-order chi connectivity index (χ0) is 14.8. The second-order valence-electron chi connectivity index (χ2n) is 5.63. The fourth-order valence-electron chi connectivity index (χ4n) is 3.15. The molecule has 0 saturated heterocycles. The molecule has 5 heteroatoms. The standard InChI is InChI=1S/C15H25N3O2/c1-5-20-14(19)15(16-4)8-6-7-13(9-15)18-10-17-11(2)12(18)3/h10,13,16H,5-9H2,1-4H3. The van der Waals surface area contributed by atoms with Crippen LogP contribution >= 0.6 is 0 Å². The molecular weight excluding hydrogens is 254 g/mol. The van der Waals surface area contributed by atoms with Gasteiger partial charge in [-0.2, -0.15) is 0 Å². The average Bonchev–Trinajstić information content (AvgIpc) is 2.79. The molecule has 1 aromatic heterocycles. The van der Waals surface area contributed by atoms with E-state index >= 15 is 0 Å². The minimum Gasteiger partial charge on any atom is -0.465 e. The Labute approximate surface area is 120 Å². The van der Waals surface area contributed by atoms with Gasteiger partial charge >= 0.3 is 5.97 Å². The molecule has 0 aromatic carbocycles. The molecule has 1 fully saturated rings. The lowest BCUT2D eigenvalue weighted by molar-refractivity contribution is -0.153. The maximum Gasteiger partial charge on any atom is 0.326 e. The van der Waals surface area contributed by atoms with Crippen LogP contribution in [0.15, 0.2) is 6.33 Å². The SMILES string of the molecule is CCOC(=O)C1(NC)CCCC(n2cnc(C)c2C)C1. The normalized spacial score (nSPS) is 26.5. The van der Waals surface area contributed by atoms with Crippen molar-refractivity contribution in [2.24, 2.45) is 0 Å². The summed E-state index contributed by atoms with van der Waals surface area (Å²) in [5, 5.41) is 3.22. The Morgan fingerprint density at radius 1 is 1.60 bits per heavy atom. The predicted molar refractivity (Wildman–Crippen MR) is 77.6 cm³/mol. The molecule has 1 saturated carbocycles. The van der Waals surface area contributed by atoms with Gasteiger partial charge < -0.3 is 14.6 Å². The Bertz CT molecular complexity index is 483. The third-order valence-corrected chi connectivity index (χ3v) is 4.55. The largest absolute Gasteiger partial charge is 0.465 e. The smallest absolute Gasteiger partial charge is 0.326 e. The number of hydrogen-bond donors (Lipinski definition) is 1. The molecule has 5 nitrogen and oxygen atoms in total. The quantitative estimate of drug-likeness (QED) is 0.858. The van der Waals surface area contributed by atoms with Gasteiger partial charge in [0.1, 0.15) is 5.54 Å². The molecule has 1 aliphatic carbocycles. The van der Waals surface area contributed by atoms with Gasteiger partial charge in [0.25, 0.3) is 0 Å². The molecule has 0 bridgehead atoms. The first-order valence-electron chi connectivity index (χ1n) is 7.40. The Balaban J connectivity index is 2.22. The molecular formula is C15H25N3O2. The van der Waals surface area contributed by atoms with Crippen molar-refractivity contribution in [3.63, 3.8) is 0 Å². The van der Waals surface area contributed by atoms with Gasteiger partial charge in [-0.15, -0.1) is 0 Å². The molecule has 0 spiro atoms. The number of rotatable bonds is 4. The summed E-state index contributed by atoms with van der Waals surface area (Å²) in [6.45, 7) is 6.38. The van der Waals surface area contributed by atoms with Crippen molar-refractivity contribution in [3.05, 3.63) is 17.7 Å². The number of nitrogens with one attached hydrogen (secondary N) is 1. The number of carbonyl (C=O) groups is 1. The second-order valence-corrected chi connectivity index (χ2v) is 5.63. The highest BCUT2D eigenvalue weighted by molar-refractivity contribution is 5.81. The van der Waals surface area contributed by atoms with Crippen LogP contribution < -0.4 is 5.32 Å². The van der Waals surface area contributed by atoms with Crippen LogP contribution in [0.2, 0.25) is 0 Å². The molecule has 0 amide bonds. The lowest BCUT2D eigenvalue weighted by Gasteiger charge is -2.39. The van der Waals surface area contributed by atoms with E-state index in [-0.39, 0.29) is 5.97 Å². The maximum absolute atomic E-state index is 12.3. The van der Waals surface area contributed by atoms with Crippen molar-refractivity contribution < 1.29 is 9.53 Å². The van der Waals surface area contributed by atoms with E-state index in [1.165, 1.54) is 5.69 Å². The van der Waals surface area contributed by atoms with E-state index < -0.39 is 5.54 Å². The Kier molecular flexibility index (Phi) is 4.48. The molecule has 2 rings (SSSR count). The van der Waals surface area contributed by atoms with Gasteiger partial charge in [0, 0.05) is 11.7 Å². The topological polar surface area (TPSA) is 56.1 Å². The number of aromatic nitrogens is 2. The summed E-state index contributed by atoms with van der Waals surface area (Å²) in [7, 11) is 1.85. The lowest BCUT2D eigenvalue weighted by atomic mass is 9.78. The number of imidazole rings is 1. The summed E-state index contributed by atoms with van der Waals surface area (Å²) in [5.41, 5.74) is 1.69. The number of ether oxygens (including phenoxy) is 1. The minimum absolute atomic E-state index is 0.123. The number of carbonyl (C=O) groups excluding carboxylic acids is 1. The van der Waals surface area contributed by atoms with Gasteiger partial charge in [-0.3, -0.25) is 4.79 Å². The first kappa shape index (κ1) is 15.0. The van der Waals surface area contributed by atoms with Crippen molar-refractivity contribution in [2.75, 3.05) is 13.7 Å². The van der Waals surface area contributed by atoms with Gasteiger partial charge in [0.2, 0.25) is 0 Å². The van der Waals surface area contributed by atoms with E-state index in [1.807, 2.05) is 27.2 Å². The Morgan fingerprint density at radius 3 is 2.90 bits per heavy atom. The minimum atomic E-state index is -0.552. The number of hydrogen-bond acceptors (Lipinski definition) is 4. The predicted octanol–water partition coefficient (Wildman–Crippen LogP) is 2.14. The van der Waals surface area contributed by atoms with Crippen LogP contribution in [0.3, 0.4) is 0 Å². The molecule has 0 radical (unpaired) electrons. The zero-order valence-corrected chi connectivity index (χ0v) is 12.9. The highest BCUT2D eigenvalue weighted by Gasteiger charge is 2.43. The molecule has 2 unspecified atom stereocenters. The molecule has 1 heterocycles. The fraction of sp³-hybridized carbons (Fsp3) is 0.733. The Morgan fingerprint density at radius 2 is 2.35 bits per heavy atom. The number of aryl methyl sites for hydroxylation is 1. The third-order valence-electron chi connectivity index (χ3n) is 4.55. The van der Waals surface area contributed by atoms with Crippen LogP contribution in [-0.4, -0.2) is 34.7 Å². The van der Waals surface area contributed by atoms with Crippen molar-refractivity contribution in [2.45, 2.75) is 58.0 Å². The molecule has 20 heavy (non-hydrogen) atoms. The van der Waals surface area contributed by atoms with Gasteiger partial charge in [0.05, 0.1) is 18.6 Å². The van der Waals surface area contributed by atoms with Gasteiger partial charge in [-0.05, 0) is 53.5 Å². The number of esters is 1. The van der Waals surface area contributed by atoms with Gasteiger partial charge in [-0.25, -0.2) is 4.98 Å². The molecule has 1 aliphatic rings. The van der Waals surface area contributed by atoms with Crippen LogP contribution in [0.5, 0.6) is 0 Å². The number of nitrogens with zero attached hydrogens (tertiary/aromatic N) is 2. The lowest BCUT2D eigenvalue weighted by Crippen LogP contribution is -2.54.